The molecule has 3 aromatic carbocycles. The Morgan fingerprint density at radius 3 is 2.67 bits per heavy atom. The van der Waals surface area contributed by atoms with Gasteiger partial charge in [0.25, 0.3) is 0 Å². The van der Waals surface area contributed by atoms with E-state index in [-0.39, 0.29) is 12.5 Å². The molecule has 5 nitrogen and oxygen atoms in total. The molecule has 4 rings (SSSR count). The molecular weight excluding hydrogens is 376 g/mol. The van der Waals surface area contributed by atoms with E-state index in [1.165, 1.54) is 0 Å². The van der Waals surface area contributed by atoms with Gasteiger partial charge in [0.1, 0.15) is 0 Å². The number of aromatic amines is 1. The molecular formula is C25H24N2O3. The van der Waals surface area contributed by atoms with Crippen LogP contribution in [0.25, 0.3) is 21.7 Å². The molecule has 0 aliphatic rings. The summed E-state index contributed by atoms with van der Waals surface area (Å²) in [4.78, 5) is 27.2. The van der Waals surface area contributed by atoms with Crippen molar-refractivity contribution in [3.63, 3.8) is 0 Å². The second-order valence-corrected chi connectivity index (χ2v) is 7.58. The molecule has 1 amide bonds. The van der Waals surface area contributed by atoms with Gasteiger partial charge >= 0.3 is 5.97 Å². The first kappa shape index (κ1) is 19.7. The highest BCUT2D eigenvalue weighted by Crippen LogP contribution is 2.21. The number of rotatable bonds is 8. The van der Waals surface area contributed by atoms with Crippen LogP contribution in [0.15, 0.2) is 72.9 Å². The predicted octanol–water partition coefficient (Wildman–Crippen LogP) is 4.31. The number of carbonyl (C=O) groups is 2. The van der Waals surface area contributed by atoms with Crippen LogP contribution in [0.1, 0.15) is 17.5 Å². The van der Waals surface area contributed by atoms with Gasteiger partial charge in [0.05, 0.1) is 5.92 Å². The molecule has 1 atom stereocenters. The number of carboxylic acids is 1. The second-order valence-electron chi connectivity index (χ2n) is 7.58. The van der Waals surface area contributed by atoms with Gasteiger partial charge in [-0.2, -0.15) is 0 Å². The van der Waals surface area contributed by atoms with Gasteiger partial charge in [-0.25, -0.2) is 0 Å². The normalized spacial score (nSPS) is 12.1. The number of carbonyl (C=O) groups excluding carboxylic acids is 1. The molecule has 0 aliphatic heterocycles. The van der Waals surface area contributed by atoms with Crippen molar-refractivity contribution in [3.8, 4) is 0 Å². The minimum absolute atomic E-state index is 0.119. The Labute approximate surface area is 174 Å². The molecule has 0 fully saturated rings. The highest BCUT2D eigenvalue weighted by atomic mass is 16.4. The third-order valence-electron chi connectivity index (χ3n) is 5.50. The molecule has 0 spiro atoms. The Hall–Kier alpha value is -3.60. The first-order valence-corrected chi connectivity index (χ1v) is 10.1. The zero-order valence-electron chi connectivity index (χ0n) is 16.6. The fourth-order valence-corrected chi connectivity index (χ4v) is 3.82. The molecule has 152 valence electrons. The number of carboxylic acid groups (broad SMARTS) is 1. The van der Waals surface area contributed by atoms with Crippen LogP contribution in [0.4, 0.5) is 0 Å². The summed E-state index contributed by atoms with van der Waals surface area (Å²) >= 11 is 0. The summed E-state index contributed by atoms with van der Waals surface area (Å²) in [6, 6.07) is 21.9. The van der Waals surface area contributed by atoms with Crippen LogP contribution in [-0.4, -0.2) is 28.5 Å². The Bertz CT molecular complexity index is 1190. The van der Waals surface area contributed by atoms with Crippen molar-refractivity contribution in [1.29, 1.82) is 0 Å². The SMILES string of the molecule is O=C(CCc1ccc2[nH]ccc2c1)NCC(Cc1cccc2ccccc12)C(=O)O. The first-order valence-electron chi connectivity index (χ1n) is 10.1. The molecule has 0 radical (unpaired) electrons. The fourth-order valence-electron chi connectivity index (χ4n) is 3.82. The monoisotopic (exact) mass is 400 g/mol. The highest BCUT2D eigenvalue weighted by Gasteiger charge is 2.20. The largest absolute Gasteiger partial charge is 0.481 e. The van der Waals surface area contributed by atoms with Crippen molar-refractivity contribution >= 4 is 33.6 Å². The smallest absolute Gasteiger partial charge is 0.308 e. The minimum atomic E-state index is -0.902. The van der Waals surface area contributed by atoms with E-state index in [1.54, 1.807) is 0 Å². The summed E-state index contributed by atoms with van der Waals surface area (Å²) in [5.41, 5.74) is 3.14. The number of hydrogen-bond acceptors (Lipinski definition) is 2. The molecule has 3 N–H and O–H groups in total. The summed E-state index contributed by atoms with van der Waals surface area (Å²) in [6.45, 7) is 0.119. The third-order valence-corrected chi connectivity index (χ3v) is 5.50. The summed E-state index contributed by atoms with van der Waals surface area (Å²) in [6.07, 6.45) is 3.22. The molecule has 30 heavy (non-hydrogen) atoms. The minimum Gasteiger partial charge on any atom is -0.481 e. The number of nitrogens with one attached hydrogen (secondary N) is 2. The van der Waals surface area contributed by atoms with Gasteiger partial charge in [0.15, 0.2) is 0 Å². The number of H-pyrrole nitrogens is 1. The summed E-state index contributed by atoms with van der Waals surface area (Å²) < 4.78 is 0. The second kappa shape index (κ2) is 8.82. The number of aromatic nitrogens is 1. The molecule has 1 unspecified atom stereocenters. The molecule has 0 saturated heterocycles. The predicted molar refractivity (Wildman–Crippen MR) is 118 cm³/mol. The zero-order valence-corrected chi connectivity index (χ0v) is 16.6. The number of benzene rings is 3. The van der Waals surface area contributed by atoms with Gasteiger partial charge in [0.2, 0.25) is 5.91 Å². The maximum Gasteiger partial charge on any atom is 0.308 e. The Balaban J connectivity index is 1.35. The van der Waals surface area contributed by atoms with Crippen molar-refractivity contribution in [2.45, 2.75) is 19.3 Å². The van der Waals surface area contributed by atoms with E-state index in [2.05, 4.69) is 16.4 Å². The number of aliphatic carboxylic acids is 1. The fraction of sp³-hybridized carbons (Fsp3) is 0.200. The number of amides is 1. The topological polar surface area (TPSA) is 82.2 Å². The maximum absolute atomic E-state index is 12.3. The molecule has 0 aliphatic carbocycles. The molecule has 1 heterocycles. The molecule has 0 saturated carbocycles. The lowest BCUT2D eigenvalue weighted by Gasteiger charge is -2.15. The Morgan fingerprint density at radius 1 is 0.967 bits per heavy atom. The summed E-state index contributed by atoms with van der Waals surface area (Å²) in [5, 5.41) is 15.7. The van der Waals surface area contributed by atoms with E-state index < -0.39 is 11.9 Å². The van der Waals surface area contributed by atoms with Gasteiger partial charge in [0, 0.05) is 24.7 Å². The standard InChI is InChI=1S/C25H24N2O3/c28-24(11-9-17-8-10-23-20(14-17)12-13-26-23)27-16-21(25(29)30)15-19-6-3-5-18-4-1-2-7-22(18)19/h1-8,10,12-14,21,26H,9,11,15-16H2,(H,27,28)(H,29,30). The van der Waals surface area contributed by atoms with Crippen LogP contribution in [0.3, 0.4) is 0 Å². The van der Waals surface area contributed by atoms with Gasteiger partial charge in [-0.3, -0.25) is 9.59 Å². The van der Waals surface area contributed by atoms with Crippen molar-refractivity contribution in [2.24, 2.45) is 5.92 Å². The Kier molecular flexibility index (Phi) is 5.80. The van der Waals surface area contributed by atoms with Crippen molar-refractivity contribution in [1.82, 2.24) is 10.3 Å². The number of aryl methyl sites for hydroxylation is 1. The number of fused-ring (bicyclic) bond motifs is 2. The zero-order chi connectivity index (χ0) is 20.9. The highest BCUT2D eigenvalue weighted by molar-refractivity contribution is 5.86. The van der Waals surface area contributed by atoms with Crippen LogP contribution < -0.4 is 5.32 Å². The van der Waals surface area contributed by atoms with Crippen LogP contribution in [0.5, 0.6) is 0 Å². The molecule has 5 heteroatoms. The van der Waals surface area contributed by atoms with E-state index in [4.69, 9.17) is 0 Å². The lowest BCUT2D eigenvalue weighted by Crippen LogP contribution is -2.34. The van der Waals surface area contributed by atoms with Gasteiger partial charge in [-0.05, 0) is 58.3 Å². The molecule has 0 bridgehead atoms. The lowest BCUT2D eigenvalue weighted by atomic mass is 9.94. The van der Waals surface area contributed by atoms with Crippen LogP contribution in [0.2, 0.25) is 0 Å². The summed E-state index contributed by atoms with van der Waals surface area (Å²) in [5.74, 6) is -1.70. The lowest BCUT2D eigenvalue weighted by molar-refractivity contribution is -0.141. The van der Waals surface area contributed by atoms with E-state index in [0.29, 0.717) is 19.3 Å². The first-order chi connectivity index (χ1) is 14.6. The van der Waals surface area contributed by atoms with E-state index >= 15 is 0 Å². The third kappa shape index (κ3) is 4.51. The average Bonchev–Trinajstić information content (AvgIpc) is 3.23. The Morgan fingerprint density at radius 2 is 1.80 bits per heavy atom. The average molecular weight is 400 g/mol. The van der Waals surface area contributed by atoms with E-state index in [1.807, 2.05) is 66.9 Å². The van der Waals surface area contributed by atoms with Gasteiger partial charge in [-0.1, -0.05) is 48.5 Å². The molecule has 1 aromatic heterocycles. The van der Waals surface area contributed by atoms with Crippen LogP contribution in [-0.2, 0) is 22.4 Å². The van der Waals surface area contributed by atoms with Gasteiger partial charge in [-0.15, -0.1) is 0 Å². The van der Waals surface area contributed by atoms with Crippen LogP contribution in [0, 0.1) is 5.92 Å². The number of hydrogen-bond donors (Lipinski definition) is 3. The van der Waals surface area contributed by atoms with Crippen molar-refractivity contribution in [2.75, 3.05) is 6.54 Å². The summed E-state index contributed by atoms with van der Waals surface area (Å²) in [7, 11) is 0. The van der Waals surface area contributed by atoms with E-state index in [0.717, 1.165) is 32.8 Å². The van der Waals surface area contributed by atoms with Crippen molar-refractivity contribution in [3.05, 3.63) is 84.1 Å². The van der Waals surface area contributed by atoms with Gasteiger partial charge < -0.3 is 15.4 Å². The maximum atomic E-state index is 12.3. The van der Waals surface area contributed by atoms with Crippen molar-refractivity contribution < 1.29 is 14.7 Å². The quantitative estimate of drug-likeness (QED) is 0.412. The molecule has 4 aromatic rings. The van der Waals surface area contributed by atoms with Crippen LogP contribution >= 0.6 is 0 Å². The van der Waals surface area contributed by atoms with E-state index in [9.17, 15) is 14.7 Å².